The molecule has 2 aromatic heterocycles. The summed E-state index contributed by atoms with van der Waals surface area (Å²) in [5, 5.41) is 3.29. The highest BCUT2D eigenvalue weighted by Crippen LogP contribution is 2.28. The van der Waals surface area contributed by atoms with Crippen LogP contribution in [0, 0.1) is 0 Å². The number of hydrogen-bond acceptors (Lipinski definition) is 5. The van der Waals surface area contributed by atoms with E-state index in [-0.39, 0.29) is 0 Å². The highest BCUT2D eigenvalue weighted by molar-refractivity contribution is 9.10. The molecule has 2 rings (SSSR count). The van der Waals surface area contributed by atoms with Crippen molar-refractivity contribution in [2.75, 3.05) is 30.4 Å². The molecule has 2 aromatic rings. The number of halogens is 1. The summed E-state index contributed by atoms with van der Waals surface area (Å²) in [6, 6.07) is 5.98. The number of nitrogens with one attached hydrogen (secondary N) is 1. The third-order valence-corrected chi connectivity index (χ3v) is 3.83. The zero-order valence-electron chi connectivity index (χ0n) is 12.4. The van der Waals surface area contributed by atoms with E-state index in [0.717, 1.165) is 47.7 Å². The van der Waals surface area contributed by atoms with Gasteiger partial charge in [0.15, 0.2) is 0 Å². The Kier molecular flexibility index (Phi) is 5.92. The van der Waals surface area contributed by atoms with E-state index in [1.54, 1.807) is 6.33 Å². The van der Waals surface area contributed by atoms with Gasteiger partial charge in [-0.15, -0.1) is 0 Å². The van der Waals surface area contributed by atoms with Crippen molar-refractivity contribution in [2.45, 2.75) is 19.8 Å². The van der Waals surface area contributed by atoms with Crippen LogP contribution in [0.2, 0.25) is 0 Å². The van der Waals surface area contributed by atoms with E-state index in [1.807, 2.05) is 31.4 Å². The SMILES string of the molecule is CCCNc1ncnc(N(C)CCc2ccccn2)c1Br. The van der Waals surface area contributed by atoms with Crippen molar-refractivity contribution in [1.82, 2.24) is 15.0 Å². The molecule has 2 heterocycles. The molecule has 0 unspecified atom stereocenters. The van der Waals surface area contributed by atoms with Crippen LogP contribution in [0.25, 0.3) is 0 Å². The number of aromatic nitrogens is 3. The summed E-state index contributed by atoms with van der Waals surface area (Å²) in [5.41, 5.74) is 1.08. The Labute approximate surface area is 134 Å². The zero-order valence-corrected chi connectivity index (χ0v) is 14.0. The van der Waals surface area contributed by atoms with Crippen molar-refractivity contribution >= 4 is 27.6 Å². The quantitative estimate of drug-likeness (QED) is 0.832. The summed E-state index contributed by atoms with van der Waals surface area (Å²) in [6.07, 6.45) is 5.35. The van der Waals surface area contributed by atoms with Gasteiger partial charge in [-0.1, -0.05) is 13.0 Å². The first-order valence-electron chi connectivity index (χ1n) is 7.07. The van der Waals surface area contributed by atoms with Gasteiger partial charge in [0.1, 0.15) is 22.4 Å². The van der Waals surface area contributed by atoms with Crippen molar-refractivity contribution in [3.05, 3.63) is 40.9 Å². The molecule has 0 saturated carbocycles. The maximum atomic E-state index is 4.37. The molecule has 0 atom stereocenters. The molecule has 0 saturated heterocycles. The molecular formula is C15H20BrN5. The van der Waals surface area contributed by atoms with Gasteiger partial charge in [-0.05, 0) is 34.5 Å². The Balaban J connectivity index is 2.03. The van der Waals surface area contributed by atoms with E-state index in [2.05, 4.69) is 48.0 Å². The summed E-state index contributed by atoms with van der Waals surface area (Å²) >= 11 is 3.59. The van der Waals surface area contributed by atoms with Crippen LogP contribution in [0.3, 0.4) is 0 Å². The largest absolute Gasteiger partial charge is 0.369 e. The second kappa shape index (κ2) is 7.93. The fourth-order valence-corrected chi connectivity index (χ4v) is 2.58. The molecular weight excluding hydrogens is 330 g/mol. The van der Waals surface area contributed by atoms with Gasteiger partial charge in [-0.2, -0.15) is 0 Å². The van der Waals surface area contributed by atoms with Gasteiger partial charge < -0.3 is 10.2 Å². The summed E-state index contributed by atoms with van der Waals surface area (Å²) in [5.74, 6) is 1.73. The number of rotatable bonds is 7. The molecule has 6 heteroatoms. The molecule has 1 N–H and O–H groups in total. The van der Waals surface area contributed by atoms with E-state index < -0.39 is 0 Å². The standard InChI is InChI=1S/C15H20BrN5/c1-3-8-18-14-13(16)15(20-11-19-14)21(2)10-7-12-6-4-5-9-17-12/h4-6,9,11H,3,7-8,10H2,1-2H3,(H,18,19,20). The normalized spacial score (nSPS) is 10.4. The van der Waals surface area contributed by atoms with E-state index in [1.165, 1.54) is 0 Å². The van der Waals surface area contributed by atoms with Gasteiger partial charge in [0.2, 0.25) is 0 Å². The van der Waals surface area contributed by atoms with Crippen molar-refractivity contribution < 1.29 is 0 Å². The summed E-state index contributed by atoms with van der Waals surface area (Å²) < 4.78 is 0.905. The van der Waals surface area contributed by atoms with Crippen molar-refractivity contribution in [1.29, 1.82) is 0 Å². The molecule has 21 heavy (non-hydrogen) atoms. The Morgan fingerprint density at radius 3 is 2.81 bits per heavy atom. The van der Waals surface area contributed by atoms with Crippen LogP contribution >= 0.6 is 15.9 Å². The Morgan fingerprint density at radius 1 is 1.24 bits per heavy atom. The van der Waals surface area contributed by atoms with Crippen LogP contribution < -0.4 is 10.2 Å². The molecule has 5 nitrogen and oxygen atoms in total. The average molecular weight is 350 g/mol. The molecule has 0 aliphatic heterocycles. The molecule has 0 bridgehead atoms. The van der Waals surface area contributed by atoms with Crippen LogP contribution in [0.15, 0.2) is 35.2 Å². The number of pyridine rings is 1. The van der Waals surface area contributed by atoms with Gasteiger partial charge in [0.05, 0.1) is 0 Å². The summed E-state index contributed by atoms with van der Waals surface area (Å²) in [7, 11) is 2.03. The lowest BCUT2D eigenvalue weighted by molar-refractivity contribution is 0.832. The first kappa shape index (κ1) is 15.7. The Bertz CT molecular complexity index is 561. The molecule has 0 amide bonds. The third-order valence-electron chi connectivity index (χ3n) is 3.10. The number of nitrogens with zero attached hydrogens (tertiary/aromatic N) is 4. The van der Waals surface area contributed by atoms with Crippen molar-refractivity contribution in [3.63, 3.8) is 0 Å². The van der Waals surface area contributed by atoms with Crippen molar-refractivity contribution in [2.24, 2.45) is 0 Å². The minimum atomic E-state index is 0.839. The highest BCUT2D eigenvalue weighted by atomic mass is 79.9. The minimum Gasteiger partial charge on any atom is -0.369 e. The Morgan fingerprint density at radius 2 is 2.10 bits per heavy atom. The van der Waals surface area contributed by atoms with Gasteiger partial charge in [-0.3, -0.25) is 4.98 Å². The van der Waals surface area contributed by atoms with E-state index in [0.29, 0.717) is 0 Å². The van der Waals surface area contributed by atoms with Crippen LogP contribution in [-0.2, 0) is 6.42 Å². The van der Waals surface area contributed by atoms with E-state index in [4.69, 9.17) is 0 Å². The second-order valence-corrected chi connectivity index (χ2v) is 5.57. The average Bonchev–Trinajstić information content (AvgIpc) is 2.52. The van der Waals surface area contributed by atoms with E-state index >= 15 is 0 Å². The topological polar surface area (TPSA) is 53.9 Å². The summed E-state index contributed by atoms with van der Waals surface area (Å²) in [6.45, 7) is 3.87. The maximum Gasteiger partial charge on any atom is 0.148 e. The van der Waals surface area contributed by atoms with Crippen LogP contribution in [0.1, 0.15) is 19.0 Å². The lowest BCUT2D eigenvalue weighted by Crippen LogP contribution is -2.22. The van der Waals surface area contributed by atoms with Gasteiger partial charge in [0, 0.05) is 38.4 Å². The molecule has 112 valence electrons. The lowest BCUT2D eigenvalue weighted by Gasteiger charge is -2.20. The third kappa shape index (κ3) is 4.39. The Hall–Kier alpha value is -1.69. The predicted molar refractivity (Wildman–Crippen MR) is 89.7 cm³/mol. The van der Waals surface area contributed by atoms with Gasteiger partial charge in [0.25, 0.3) is 0 Å². The maximum absolute atomic E-state index is 4.37. The molecule has 0 aliphatic rings. The number of likely N-dealkylation sites (N-methyl/N-ethyl adjacent to an activating group) is 1. The molecule has 0 aromatic carbocycles. The monoisotopic (exact) mass is 349 g/mol. The van der Waals surface area contributed by atoms with Crippen LogP contribution in [0.5, 0.6) is 0 Å². The highest BCUT2D eigenvalue weighted by Gasteiger charge is 2.12. The first-order valence-corrected chi connectivity index (χ1v) is 7.87. The molecule has 0 fully saturated rings. The number of hydrogen-bond donors (Lipinski definition) is 1. The van der Waals surface area contributed by atoms with Crippen LogP contribution in [-0.4, -0.2) is 35.1 Å². The molecule has 0 radical (unpaired) electrons. The molecule has 0 aliphatic carbocycles. The van der Waals surface area contributed by atoms with Crippen molar-refractivity contribution in [3.8, 4) is 0 Å². The van der Waals surface area contributed by atoms with Crippen LogP contribution in [0.4, 0.5) is 11.6 Å². The van der Waals surface area contributed by atoms with Gasteiger partial charge in [-0.25, -0.2) is 9.97 Å². The summed E-state index contributed by atoms with van der Waals surface area (Å²) in [4.78, 5) is 15.1. The minimum absolute atomic E-state index is 0.839. The fraction of sp³-hybridized carbons (Fsp3) is 0.400. The van der Waals surface area contributed by atoms with Gasteiger partial charge >= 0.3 is 0 Å². The smallest absolute Gasteiger partial charge is 0.148 e. The predicted octanol–water partition coefficient (Wildman–Crippen LogP) is 3.13. The molecule has 0 spiro atoms. The first-order chi connectivity index (χ1) is 10.2. The fourth-order valence-electron chi connectivity index (χ4n) is 1.93. The lowest BCUT2D eigenvalue weighted by atomic mass is 10.2. The zero-order chi connectivity index (χ0) is 15.1. The number of anilines is 2. The van der Waals surface area contributed by atoms with E-state index in [9.17, 15) is 0 Å². The second-order valence-electron chi connectivity index (χ2n) is 4.78.